The molecule has 1 aromatic heterocycles. The second kappa shape index (κ2) is 3.46. The van der Waals surface area contributed by atoms with Gasteiger partial charge in [-0.05, 0) is 37.0 Å². The second-order valence-electron chi connectivity index (χ2n) is 4.25. The van der Waals surface area contributed by atoms with Crippen molar-refractivity contribution in [1.82, 2.24) is 4.57 Å². The lowest BCUT2D eigenvalue weighted by Crippen LogP contribution is -2.26. The number of nitrogens with zero attached hydrogens (tertiary/aromatic N) is 1. The molecule has 2 nitrogen and oxygen atoms in total. The predicted octanol–water partition coefficient (Wildman–Crippen LogP) is 1.87. The minimum atomic E-state index is 0.109. The van der Waals surface area contributed by atoms with Gasteiger partial charge in [0.05, 0.1) is 0 Å². The summed E-state index contributed by atoms with van der Waals surface area (Å²) in [5.41, 5.74) is 1.46. The Balaban J connectivity index is 2.29. The maximum atomic E-state index is 11.6. The number of pyridine rings is 1. The smallest absolute Gasteiger partial charge is 0.250 e. The van der Waals surface area contributed by atoms with Gasteiger partial charge in [0.25, 0.3) is 5.56 Å². The molecule has 0 atom stereocenters. The molecule has 0 saturated heterocycles. The fourth-order valence-corrected chi connectivity index (χ4v) is 2.12. The highest BCUT2D eigenvalue weighted by Gasteiger charge is 2.41. The van der Waals surface area contributed by atoms with Crippen molar-refractivity contribution in [2.45, 2.75) is 26.3 Å². The summed E-state index contributed by atoms with van der Waals surface area (Å²) >= 11 is 4.35. The van der Waals surface area contributed by atoms with E-state index in [-0.39, 0.29) is 5.56 Å². The van der Waals surface area contributed by atoms with Crippen LogP contribution in [0, 0.1) is 12.3 Å². The molecule has 0 amide bonds. The molecule has 0 aromatic carbocycles. The quantitative estimate of drug-likeness (QED) is 0.754. The standard InChI is InChI=1S/C11H15NOS/c1-9-3-2-4-10(13)12(9)7-11(8-14)5-6-11/h2-4,14H,5-8H2,1H3. The van der Waals surface area contributed by atoms with E-state index in [4.69, 9.17) is 0 Å². The van der Waals surface area contributed by atoms with Gasteiger partial charge in [-0.25, -0.2) is 0 Å². The lowest BCUT2D eigenvalue weighted by molar-refractivity contribution is 0.457. The molecule has 0 radical (unpaired) electrons. The normalized spacial score (nSPS) is 18.1. The topological polar surface area (TPSA) is 22.0 Å². The zero-order valence-electron chi connectivity index (χ0n) is 8.36. The molecule has 1 aliphatic carbocycles. The highest BCUT2D eigenvalue weighted by Crippen LogP contribution is 2.47. The molecule has 0 aliphatic heterocycles. The van der Waals surface area contributed by atoms with Gasteiger partial charge in [-0.3, -0.25) is 4.79 Å². The van der Waals surface area contributed by atoms with Crippen LogP contribution in [0.4, 0.5) is 0 Å². The van der Waals surface area contributed by atoms with Crippen LogP contribution in [0.15, 0.2) is 23.0 Å². The number of hydrogen-bond donors (Lipinski definition) is 1. The van der Waals surface area contributed by atoms with E-state index in [1.807, 2.05) is 23.6 Å². The fraction of sp³-hybridized carbons (Fsp3) is 0.545. The maximum Gasteiger partial charge on any atom is 0.250 e. The van der Waals surface area contributed by atoms with Gasteiger partial charge >= 0.3 is 0 Å². The summed E-state index contributed by atoms with van der Waals surface area (Å²) < 4.78 is 1.86. The zero-order valence-corrected chi connectivity index (χ0v) is 9.26. The minimum absolute atomic E-state index is 0.109. The Kier molecular flexibility index (Phi) is 2.43. The van der Waals surface area contributed by atoms with E-state index in [0.29, 0.717) is 5.41 Å². The first-order valence-electron chi connectivity index (χ1n) is 4.94. The average molecular weight is 209 g/mol. The molecule has 1 fully saturated rings. The maximum absolute atomic E-state index is 11.6. The molecule has 0 unspecified atom stereocenters. The molecule has 14 heavy (non-hydrogen) atoms. The summed E-state index contributed by atoms with van der Waals surface area (Å²) in [5, 5.41) is 0. The van der Waals surface area contributed by atoms with E-state index in [2.05, 4.69) is 12.6 Å². The molecule has 1 saturated carbocycles. The van der Waals surface area contributed by atoms with Crippen LogP contribution in [0.1, 0.15) is 18.5 Å². The fourth-order valence-electron chi connectivity index (χ4n) is 1.70. The van der Waals surface area contributed by atoms with Crippen LogP contribution < -0.4 is 5.56 Å². The first kappa shape index (κ1) is 9.84. The van der Waals surface area contributed by atoms with Gasteiger partial charge in [0, 0.05) is 18.3 Å². The second-order valence-corrected chi connectivity index (χ2v) is 4.57. The van der Waals surface area contributed by atoms with E-state index in [9.17, 15) is 4.79 Å². The molecular formula is C11H15NOS. The molecule has 1 aliphatic rings. The largest absolute Gasteiger partial charge is 0.312 e. The number of aryl methyl sites for hydroxylation is 1. The van der Waals surface area contributed by atoms with Crippen LogP contribution in [0.2, 0.25) is 0 Å². The zero-order chi connectivity index (χ0) is 10.2. The summed E-state index contributed by atoms with van der Waals surface area (Å²) in [6.07, 6.45) is 2.41. The van der Waals surface area contributed by atoms with Gasteiger partial charge < -0.3 is 4.57 Å². The summed E-state index contributed by atoms with van der Waals surface area (Å²) in [5.74, 6) is 0.883. The third-order valence-corrected chi connectivity index (χ3v) is 3.72. The first-order chi connectivity index (χ1) is 6.67. The highest BCUT2D eigenvalue weighted by atomic mass is 32.1. The van der Waals surface area contributed by atoms with Gasteiger partial charge in [-0.1, -0.05) is 6.07 Å². The van der Waals surface area contributed by atoms with Gasteiger partial charge in [0.2, 0.25) is 0 Å². The Morgan fingerprint density at radius 2 is 2.21 bits per heavy atom. The molecule has 0 bridgehead atoms. The van der Waals surface area contributed by atoms with E-state index in [1.54, 1.807) is 6.07 Å². The van der Waals surface area contributed by atoms with Crippen molar-refractivity contribution in [2.24, 2.45) is 5.41 Å². The van der Waals surface area contributed by atoms with Crippen molar-refractivity contribution in [3.05, 3.63) is 34.2 Å². The van der Waals surface area contributed by atoms with Crippen molar-refractivity contribution in [2.75, 3.05) is 5.75 Å². The monoisotopic (exact) mass is 209 g/mol. The van der Waals surface area contributed by atoms with Gasteiger partial charge in [0.15, 0.2) is 0 Å². The molecule has 0 spiro atoms. The molecule has 1 aromatic rings. The van der Waals surface area contributed by atoms with Crippen molar-refractivity contribution in [3.63, 3.8) is 0 Å². The van der Waals surface area contributed by atoms with Crippen molar-refractivity contribution >= 4 is 12.6 Å². The van der Waals surface area contributed by atoms with Gasteiger partial charge in [-0.15, -0.1) is 0 Å². The molecule has 76 valence electrons. The SMILES string of the molecule is Cc1cccc(=O)n1CC1(CS)CC1. The summed E-state index contributed by atoms with van der Waals surface area (Å²) in [6.45, 7) is 2.82. The Morgan fingerprint density at radius 3 is 2.71 bits per heavy atom. The number of rotatable bonds is 3. The Morgan fingerprint density at radius 1 is 1.50 bits per heavy atom. The third-order valence-electron chi connectivity index (χ3n) is 3.05. The Hall–Kier alpha value is -0.700. The van der Waals surface area contributed by atoms with Crippen LogP contribution in [0.5, 0.6) is 0 Å². The van der Waals surface area contributed by atoms with E-state index in [1.165, 1.54) is 12.8 Å². The molecule has 3 heteroatoms. The Labute approximate surface area is 89.4 Å². The highest BCUT2D eigenvalue weighted by molar-refractivity contribution is 7.80. The van der Waals surface area contributed by atoms with E-state index < -0.39 is 0 Å². The lowest BCUT2D eigenvalue weighted by atomic mass is 10.1. The van der Waals surface area contributed by atoms with Crippen LogP contribution in [-0.2, 0) is 6.54 Å². The molecule has 2 rings (SSSR count). The number of thiol groups is 1. The predicted molar refractivity (Wildman–Crippen MR) is 61.0 cm³/mol. The van der Waals surface area contributed by atoms with Crippen LogP contribution in [-0.4, -0.2) is 10.3 Å². The summed E-state index contributed by atoms with van der Waals surface area (Å²) in [4.78, 5) is 11.6. The summed E-state index contributed by atoms with van der Waals surface area (Å²) in [7, 11) is 0. The van der Waals surface area contributed by atoms with Gasteiger partial charge in [-0.2, -0.15) is 12.6 Å². The van der Waals surface area contributed by atoms with Gasteiger partial charge in [0.1, 0.15) is 0 Å². The average Bonchev–Trinajstić information content (AvgIpc) is 2.93. The lowest BCUT2D eigenvalue weighted by Gasteiger charge is -2.16. The summed E-state index contributed by atoms with van der Waals surface area (Å²) in [6, 6.07) is 5.42. The molecular weight excluding hydrogens is 194 g/mol. The minimum Gasteiger partial charge on any atom is -0.312 e. The van der Waals surface area contributed by atoms with E-state index in [0.717, 1.165) is 18.0 Å². The van der Waals surface area contributed by atoms with Crippen molar-refractivity contribution < 1.29 is 0 Å². The van der Waals surface area contributed by atoms with Crippen molar-refractivity contribution in [1.29, 1.82) is 0 Å². The van der Waals surface area contributed by atoms with E-state index >= 15 is 0 Å². The van der Waals surface area contributed by atoms with Crippen LogP contribution >= 0.6 is 12.6 Å². The van der Waals surface area contributed by atoms with Crippen LogP contribution in [0.3, 0.4) is 0 Å². The third kappa shape index (κ3) is 1.73. The first-order valence-corrected chi connectivity index (χ1v) is 5.57. The number of aromatic nitrogens is 1. The number of hydrogen-bond acceptors (Lipinski definition) is 2. The molecule has 0 N–H and O–H groups in total. The Bertz CT molecular complexity index is 393. The van der Waals surface area contributed by atoms with Crippen LogP contribution in [0.25, 0.3) is 0 Å². The van der Waals surface area contributed by atoms with Crippen molar-refractivity contribution in [3.8, 4) is 0 Å². The molecule has 1 heterocycles.